The van der Waals surface area contributed by atoms with Crippen LogP contribution in [0.5, 0.6) is 0 Å². The van der Waals surface area contributed by atoms with E-state index in [0.29, 0.717) is 5.69 Å². The first-order valence-electron chi connectivity index (χ1n) is 10.2. The Hall–Kier alpha value is -3.46. The first-order valence-corrected chi connectivity index (χ1v) is 10.2. The average Bonchev–Trinajstić information content (AvgIpc) is 3.27. The van der Waals surface area contributed by atoms with Crippen LogP contribution < -0.4 is 22.1 Å². The molecule has 0 saturated heterocycles. The van der Waals surface area contributed by atoms with E-state index in [9.17, 15) is 9.18 Å². The average molecular weight is 424 g/mol. The maximum atomic E-state index is 14.7. The summed E-state index contributed by atoms with van der Waals surface area (Å²) < 4.78 is 19.9. The molecule has 1 amide bonds. The summed E-state index contributed by atoms with van der Waals surface area (Å²) in [5.41, 5.74) is 14.7. The molecule has 8 nitrogen and oxygen atoms in total. The highest BCUT2D eigenvalue weighted by atomic mass is 19.1. The van der Waals surface area contributed by atoms with Gasteiger partial charge in [-0.05, 0) is 38.0 Å². The van der Waals surface area contributed by atoms with Gasteiger partial charge in [-0.3, -0.25) is 9.78 Å². The Kier molecular flexibility index (Phi) is 5.85. The molecule has 0 spiro atoms. The molecule has 3 aromatic rings. The number of anilines is 3. The molecule has 0 aliphatic heterocycles. The van der Waals surface area contributed by atoms with Crippen LogP contribution in [-0.2, 0) is 0 Å². The minimum Gasteiger partial charge on any atom is -0.472 e. The molecule has 162 valence electrons. The van der Waals surface area contributed by atoms with Gasteiger partial charge >= 0.3 is 0 Å². The number of aromatic nitrogens is 2. The predicted molar refractivity (Wildman–Crippen MR) is 117 cm³/mol. The van der Waals surface area contributed by atoms with Crippen LogP contribution >= 0.6 is 0 Å². The summed E-state index contributed by atoms with van der Waals surface area (Å²) in [4.78, 5) is 20.7. The Labute approximate surface area is 179 Å². The normalized spacial score (nSPS) is 18.5. The number of nitrogens with one attached hydrogen (secondary N) is 2. The maximum absolute atomic E-state index is 14.7. The van der Waals surface area contributed by atoms with Gasteiger partial charge in [0, 0.05) is 28.9 Å². The van der Waals surface area contributed by atoms with Crippen molar-refractivity contribution in [3.8, 4) is 11.1 Å². The second-order valence-corrected chi connectivity index (χ2v) is 7.77. The maximum Gasteiger partial charge on any atom is 0.252 e. The van der Waals surface area contributed by atoms with Crippen LogP contribution in [-0.4, -0.2) is 28.0 Å². The molecule has 1 fully saturated rings. The van der Waals surface area contributed by atoms with E-state index in [4.69, 9.17) is 15.9 Å². The summed E-state index contributed by atoms with van der Waals surface area (Å²) in [6.45, 7) is 1.88. The van der Waals surface area contributed by atoms with Gasteiger partial charge in [0.2, 0.25) is 0 Å². The lowest BCUT2D eigenvalue weighted by Gasteiger charge is -2.30. The zero-order chi connectivity index (χ0) is 22.0. The number of halogens is 1. The molecule has 1 unspecified atom stereocenters. The fraction of sp³-hybridized carbons (Fsp3) is 0.318. The number of carbonyl (C=O) groups excluding carboxylic acids is 1. The van der Waals surface area contributed by atoms with Crippen LogP contribution in [0.3, 0.4) is 0 Å². The molecule has 4 rings (SSSR count). The van der Waals surface area contributed by atoms with Crippen molar-refractivity contribution in [1.29, 1.82) is 0 Å². The van der Waals surface area contributed by atoms with Crippen LogP contribution in [0, 0.1) is 12.7 Å². The number of primary amides is 1. The first kappa shape index (κ1) is 20.8. The number of rotatable bonds is 6. The smallest absolute Gasteiger partial charge is 0.252 e. The molecule has 1 saturated carbocycles. The van der Waals surface area contributed by atoms with E-state index in [1.54, 1.807) is 18.7 Å². The standard InChI is InChI=1S/C22H25FN6O2/c1-12-15(13-6-7-31-11-13)8-14(10-26-12)27-21-16(20(25)30)9-17(23)22(29-21)28-19-5-3-2-4-18(19)24/h6-11,18-19H,2-5,24H2,1H3,(H2,25,30)(H2,27,28,29)/t18-,19?/m0/s1. The molecule has 1 aliphatic rings. The topological polar surface area (TPSA) is 132 Å². The molecule has 6 N–H and O–H groups in total. The van der Waals surface area contributed by atoms with Crippen molar-refractivity contribution in [2.45, 2.75) is 44.7 Å². The van der Waals surface area contributed by atoms with Crippen molar-refractivity contribution >= 4 is 23.2 Å². The molecule has 2 atom stereocenters. The zero-order valence-electron chi connectivity index (χ0n) is 17.2. The molecular formula is C22H25FN6O2. The Morgan fingerprint density at radius 2 is 2.06 bits per heavy atom. The van der Waals surface area contributed by atoms with E-state index in [-0.39, 0.29) is 29.3 Å². The molecule has 0 radical (unpaired) electrons. The van der Waals surface area contributed by atoms with Crippen LogP contribution in [0.25, 0.3) is 11.1 Å². The van der Waals surface area contributed by atoms with E-state index in [1.807, 2.05) is 19.1 Å². The first-order chi connectivity index (χ1) is 14.9. The second-order valence-electron chi connectivity index (χ2n) is 7.77. The van der Waals surface area contributed by atoms with Crippen molar-refractivity contribution in [3.05, 3.63) is 54.0 Å². The molecule has 31 heavy (non-hydrogen) atoms. The molecule has 0 aromatic carbocycles. The number of nitrogens with two attached hydrogens (primary N) is 2. The third kappa shape index (κ3) is 4.51. The van der Waals surface area contributed by atoms with Gasteiger partial charge in [0.15, 0.2) is 11.6 Å². The molecular weight excluding hydrogens is 399 g/mol. The molecule has 9 heteroatoms. The third-order valence-corrected chi connectivity index (χ3v) is 5.56. The number of furan rings is 1. The fourth-order valence-electron chi connectivity index (χ4n) is 3.84. The van der Waals surface area contributed by atoms with Gasteiger partial charge in [0.1, 0.15) is 5.82 Å². The lowest BCUT2D eigenvalue weighted by atomic mass is 9.91. The minimum atomic E-state index is -0.787. The Balaban J connectivity index is 1.67. The summed E-state index contributed by atoms with van der Waals surface area (Å²) in [6, 6.07) is 4.60. The number of aryl methyl sites for hydroxylation is 1. The lowest BCUT2D eigenvalue weighted by Crippen LogP contribution is -2.43. The lowest BCUT2D eigenvalue weighted by molar-refractivity contribution is 0.100. The van der Waals surface area contributed by atoms with Crippen LogP contribution in [0.2, 0.25) is 0 Å². The SMILES string of the molecule is Cc1ncc(Nc2nc(NC3CCCC[C@@H]3N)c(F)cc2C(N)=O)cc1-c1ccoc1. The number of hydrogen-bond acceptors (Lipinski definition) is 7. The van der Waals surface area contributed by atoms with Crippen molar-refractivity contribution in [2.24, 2.45) is 11.5 Å². The highest BCUT2D eigenvalue weighted by molar-refractivity contribution is 5.98. The predicted octanol–water partition coefficient (Wildman–Crippen LogP) is 3.71. The van der Waals surface area contributed by atoms with Gasteiger partial charge in [-0.1, -0.05) is 12.8 Å². The van der Waals surface area contributed by atoms with Gasteiger partial charge in [0.05, 0.1) is 30.0 Å². The Morgan fingerprint density at radius 1 is 1.26 bits per heavy atom. The van der Waals surface area contributed by atoms with E-state index < -0.39 is 11.7 Å². The van der Waals surface area contributed by atoms with Crippen LogP contribution in [0.15, 0.2) is 41.3 Å². The monoisotopic (exact) mass is 424 g/mol. The van der Waals surface area contributed by atoms with E-state index >= 15 is 0 Å². The Morgan fingerprint density at radius 3 is 2.77 bits per heavy atom. The number of hydrogen-bond donors (Lipinski definition) is 4. The van der Waals surface area contributed by atoms with E-state index in [2.05, 4.69) is 20.6 Å². The molecule has 3 heterocycles. The highest BCUT2D eigenvalue weighted by Gasteiger charge is 2.24. The molecule has 1 aliphatic carbocycles. The summed E-state index contributed by atoms with van der Waals surface area (Å²) in [5, 5.41) is 6.16. The zero-order valence-corrected chi connectivity index (χ0v) is 17.2. The second kappa shape index (κ2) is 8.73. The summed E-state index contributed by atoms with van der Waals surface area (Å²) in [6.07, 6.45) is 8.59. The quantitative estimate of drug-likeness (QED) is 0.474. The van der Waals surface area contributed by atoms with Crippen LogP contribution in [0.4, 0.5) is 21.7 Å². The van der Waals surface area contributed by atoms with Crippen molar-refractivity contribution < 1.29 is 13.6 Å². The van der Waals surface area contributed by atoms with Gasteiger partial charge in [0.25, 0.3) is 5.91 Å². The van der Waals surface area contributed by atoms with Gasteiger partial charge in [-0.25, -0.2) is 9.37 Å². The highest BCUT2D eigenvalue weighted by Crippen LogP contribution is 2.29. The summed E-state index contributed by atoms with van der Waals surface area (Å²) >= 11 is 0. The summed E-state index contributed by atoms with van der Waals surface area (Å²) in [5.74, 6) is -1.27. The van der Waals surface area contributed by atoms with Crippen molar-refractivity contribution in [3.63, 3.8) is 0 Å². The van der Waals surface area contributed by atoms with Crippen molar-refractivity contribution in [1.82, 2.24) is 9.97 Å². The van der Waals surface area contributed by atoms with Gasteiger partial charge < -0.3 is 26.5 Å². The Bertz CT molecular complexity index is 1090. The minimum absolute atomic E-state index is 0.0324. The van der Waals surface area contributed by atoms with Crippen molar-refractivity contribution in [2.75, 3.05) is 10.6 Å². The molecule has 0 bridgehead atoms. The van der Waals surface area contributed by atoms with E-state index in [1.165, 1.54) is 0 Å². The number of pyridine rings is 2. The number of carbonyl (C=O) groups is 1. The number of nitrogens with zero attached hydrogens (tertiary/aromatic N) is 2. The fourth-order valence-corrected chi connectivity index (χ4v) is 3.84. The largest absolute Gasteiger partial charge is 0.472 e. The third-order valence-electron chi connectivity index (χ3n) is 5.56. The van der Waals surface area contributed by atoms with Gasteiger partial charge in [-0.2, -0.15) is 0 Å². The summed E-state index contributed by atoms with van der Waals surface area (Å²) in [7, 11) is 0. The van der Waals surface area contributed by atoms with E-state index in [0.717, 1.165) is 48.6 Å². The van der Waals surface area contributed by atoms with Gasteiger partial charge in [-0.15, -0.1) is 0 Å². The number of amides is 1. The van der Waals surface area contributed by atoms with Crippen LogP contribution in [0.1, 0.15) is 41.7 Å². The molecule has 3 aromatic heterocycles.